The molecule has 0 fully saturated rings. The molecule has 2 aromatic rings. The van der Waals surface area contributed by atoms with Crippen LogP contribution in [0.1, 0.15) is 15.9 Å². The van der Waals surface area contributed by atoms with Crippen LogP contribution in [0.4, 0.5) is 5.69 Å². The van der Waals surface area contributed by atoms with Gasteiger partial charge in [-0.2, -0.15) is 0 Å². The van der Waals surface area contributed by atoms with Crippen molar-refractivity contribution in [3.05, 3.63) is 63.1 Å². The predicted molar refractivity (Wildman–Crippen MR) is 83.1 cm³/mol. The lowest BCUT2D eigenvalue weighted by Crippen LogP contribution is -2.13. The summed E-state index contributed by atoms with van der Waals surface area (Å²) in [5, 5.41) is 3.40. The Morgan fingerprint density at radius 3 is 2.63 bits per heavy atom. The van der Waals surface area contributed by atoms with Crippen LogP contribution >= 0.6 is 39.1 Å². The zero-order chi connectivity index (χ0) is 13.8. The van der Waals surface area contributed by atoms with Crippen molar-refractivity contribution in [3.63, 3.8) is 0 Å². The summed E-state index contributed by atoms with van der Waals surface area (Å²) in [7, 11) is 0. The first-order valence-electron chi connectivity index (χ1n) is 5.52. The Kier molecular flexibility index (Phi) is 4.86. The van der Waals surface area contributed by atoms with Crippen LogP contribution in [0.5, 0.6) is 0 Å². The maximum Gasteiger partial charge on any atom is 0.255 e. The summed E-state index contributed by atoms with van der Waals surface area (Å²) in [5.41, 5.74) is 2.12. The lowest BCUT2D eigenvalue weighted by atomic mass is 10.1. The number of nitrogens with one attached hydrogen (secondary N) is 1. The lowest BCUT2D eigenvalue weighted by Gasteiger charge is -2.09. The van der Waals surface area contributed by atoms with E-state index in [1.165, 1.54) is 0 Å². The van der Waals surface area contributed by atoms with Gasteiger partial charge in [-0.05, 0) is 45.8 Å². The molecule has 0 spiro atoms. The Hall–Kier alpha value is -1.03. The molecule has 0 aliphatic heterocycles. The zero-order valence-electron chi connectivity index (χ0n) is 9.79. The first-order chi connectivity index (χ1) is 9.11. The van der Waals surface area contributed by atoms with Crippen molar-refractivity contribution in [2.45, 2.75) is 5.88 Å². The zero-order valence-corrected chi connectivity index (χ0v) is 12.9. The average Bonchev–Trinajstić information content (AvgIpc) is 2.42. The number of halogens is 3. The molecular formula is C14H10BrCl2NO. The second-order valence-corrected chi connectivity index (χ2v) is 5.40. The van der Waals surface area contributed by atoms with Crippen molar-refractivity contribution in [2.75, 3.05) is 5.32 Å². The molecule has 1 N–H and O–H groups in total. The summed E-state index contributed by atoms with van der Waals surface area (Å²) in [6, 6.07) is 12.5. The number of benzene rings is 2. The molecule has 5 heteroatoms. The summed E-state index contributed by atoms with van der Waals surface area (Å²) in [4.78, 5) is 12.1. The van der Waals surface area contributed by atoms with Gasteiger partial charge in [-0.15, -0.1) is 11.6 Å². The highest BCUT2D eigenvalue weighted by atomic mass is 79.9. The molecule has 0 atom stereocenters. The van der Waals surface area contributed by atoms with Crippen molar-refractivity contribution < 1.29 is 4.79 Å². The van der Waals surface area contributed by atoms with Crippen molar-refractivity contribution in [1.82, 2.24) is 0 Å². The van der Waals surface area contributed by atoms with Crippen LogP contribution in [-0.4, -0.2) is 5.91 Å². The minimum Gasteiger partial charge on any atom is -0.322 e. The molecule has 0 unspecified atom stereocenters. The second-order valence-electron chi connectivity index (χ2n) is 3.87. The van der Waals surface area contributed by atoms with Crippen LogP contribution in [0.15, 0.2) is 46.9 Å². The summed E-state index contributed by atoms with van der Waals surface area (Å²) in [6.07, 6.45) is 0. The van der Waals surface area contributed by atoms with Crippen molar-refractivity contribution in [1.29, 1.82) is 0 Å². The van der Waals surface area contributed by atoms with Crippen LogP contribution < -0.4 is 5.32 Å². The third-order valence-corrected chi connectivity index (χ3v) is 4.09. The van der Waals surface area contributed by atoms with E-state index >= 15 is 0 Å². The van der Waals surface area contributed by atoms with Crippen molar-refractivity contribution in [2.24, 2.45) is 0 Å². The Bertz CT molecular complexity index is 616. The maximum absolute atomic E-state index is 12.1. The Balaban J connectivity index is 2.23. The highest BCUT2D eigenvalue weighted by Gasteiger charge is 2.10. The fourth-order valence-corrected chi connectivity index (χ4v) is 2.32. The van der Waals surface area contributed by atoms with E-state index in [2.05, 4.69) is 21.2 Å². The van der Waals surface area contributed by atoms with E-state index in [1.54, 1.807) is 18.2 Å². The van der Waals surface area contributed by atoms with Gasteiger partial charge in [-0.25, -0.2) is 0 Å². The molecule has 2 aromatic carbocycles. The van der Waals surface area contributed by atoms with Crippen LogP contribution in [0.3, 0.4) is 0 Å². The molecule has 0 aliphatic rings. The highest BCUT2D eigenvalue weighted by molar-refractivity contribution is 9.10. The number of para-hydroxylation sites is 1. The van der Waals surface area contributed by atoms with Crippen molar-refractivity contribution in [3.8, 4) is 0 Å². The molecule has 98 valence electrons. The van der Waals surface area contributed by atoms with E-state index in [0.29, 0.717) is 26.6 Å². The quantitative estimate of drug-likeness (QED) is 0.760. The summed E-state index contributed by atoms with van der Waals surface area (Å²) in [6.45, 7) is 0. The number of alkyl halides is 1. The number of anilines is 1. The highest BCUT2D eigenvalue weighted by Crippen LogP contribution is 2.24. The largest absolute Gasteiger partial charge is 0.322 e. The van der Waals surface area contributed by atoms with Crippen molar-refractivity contribution >= 4 is 50.7 Å². The van der Waals surface area contributed by atoms with E-state index < -0.39 is 0 Å². The Morgan fingerprint density at radius 1 is 1.21 bits per heavy atom. The summed E-state index contributed by atoms with van der Waals surface area (Å²) < 4.78 is 0.687. The molecular weight excluding hydrogens is 349 g/mol. The summed E-state index contributed by atoms with van der Waals surface area (Å²) >= 11 is 15.0. The molecule has 0 aliphatic carbocycles. The van der Waals surface area contributed by atoms with Crippen LogP contribution in [0.2, 0.25) is 5.02 Å². The van der Waals surface area contributed by atoms with Gasteiger partial charge in [-0.3, -0.25) is 4.79 Å². The van der Waals surface area contributed by atoms with Crippen LogP contribution in [0, 0.1) is 0 Å². The molecule has 0 heterocycles. The van der Waals surface area contributed by atoms with E-state index in [-0.39, 0.29) is 5.91 Å². The molecule has 0 radical (unpaired) electrons. The van der Waals surface area contributed by atoms with Gasteiger partial charge < -0.3 is 5.32 Å². The third-order valence-electron chi connectivity index (χ3n) is 2.59. The SMILES string of the molecule is O=C(Nc1ccccc1CCl)c1ccc(Cl)c(Br)c1. The number of carbonyl (C=O) groups is 1. The van der Waals surface area contributed by atoms with E-state index in [1.807, 2.05) is 24.3 Å². The molecule has 0 aromatic heterocycles. The van der Waals surface area contributed by atoms with Gasteiger partial charge in [0.1, 0.15) is 0 Å². The molecule has 19 heavy (non-hydrogen) atoms. The van der Waals surface area contributed by atoms with Gasteiger partial charge in [0, 0.05) is 21.6 Å². The summed E-state index contributed by atoms with van der Waals surface area (Å²) in [5.74, 6) is 0.149. The molecule has 0 saturated heterocycles. The van der Waals surface area contributed by atoms with Gasteiger partial charge in [0.2, 0.25) is 0 Å². The second kappa shape index (κ2) is 6.42. The van der Waals surface area contributed by atoms with Gasteiger partial charge in [0.25, 0.3) is 5.91 Å². The van der Waals surface area contributed by atoms with E-state index in [0.717, 1.165) is 5.56 Å². The number of amides is 1. The van der Waals surface area contributed by atoms with Gasteiger partial charge >= 0.3 is 0 Å². The first kappa shape index (κ1) is 14.4. The minimum atomic E-state index is -0.199. The molecule has 0 bridgehead atoms. The predicted octanol–water partition coefficient (Wildman–Crippen LogP) is 5.09. The van der Waals surface area contributed by atoms with E-state index in [4.69, 9.17) is 23.2 Å². The van der Waals surface area contributed by atoms with Gasteiger partial charge in [0.15, 0.2) is 0 Å². The normalized spacial score (nSPS) is 10.3. The molecule has 2 rings (SSSR count). The van der Waals surface area contributed by atoms with Crippen LogP contribution in [-0.2, 0) is 5.88 Å². The monoisotopic (exact) mass is 357 g/mol. The smallest absolute Gasteiger partial charge is 0.255 e. The Labute approximate surface area is 129 Å². The fourth-order valence-electron chi connectivity index (χ4n) is 1.59. The third kappa shape index (κ3) is 3.50. The lowest BCUT2D eigenvalue weighted by molar-refractivity contribution is 0.102. The minimum absolute atomic E-state index is 0.199. The topological polar surface area (TPSA) is 29.1 Å². The number of hydrogen-bond acceptors (Lipinski definition) is 1. The molecule has 1 amide bonds. The van der Waals surface area contributed by atoms with Gasteiger partial charge in [-0.1, -0.05) is 29.8 Å². The van der Waals surface area contributed by atoms with E-state index in [9.17, 15) is 4.79 Å². The standard InChI is InChI=1S/C14H10BrCl2NO/c15-11-7-9(5-6-12(11)17)14(19)18-13-4-2-1-3-10(13)8-16/h1-7H,8H2,(H,18,19). The Morgan fingerprint density at radius 2 is 1.95 bits per heavy atom. The number of carbonyl (C=O) groups excluding carboxylic acids is 1. The maximum atomic E-state index is 12.1. The number of rotatable bonds is 3. The first-order valence-corrected chi connectivity index (χ1v) is 7.22. The van der Waals surface area contributed by atoms with Gasteiger partial charge in [0.05, 0.1) is 5.02 Å². The molecule has 2 nitrogen and oxygen atoms in total. The fraction of sp³-hybridized carbons (Fsp3) is 0.0714. The molecule has 0 saturated carbocycles. The van der Waals surface area contributed by atoms with Crippen LogP contribution in [0.25, 0.3) is 0 Å². The average molecular weight is 359 g/mol. The number of hydrogen-bond donors (Lipinski definition) is 1.